The van der Waals surface area contributed by atoms with Crippen LogP contribution in [-0.4, -0.2) is 19.0 Å². The van der Waals surface area contributed by atoms with Crippen LogP contribution in [0.4, 0.5) is 0 Å². The summed E-state index contributed by atoms with van der Waals surface area (Å²) in [5.74, 6) is 0. The van der Waals surface area contributed by atoms with Crippen molar-refractivity contribution in [2.45, 2.75) is 12.6 Å². The maximum atomic E-state index is 10.9. The lowest BCUT2D eigenvalue weighted by molar-refractivity contribution is 0.579. The molecule has 46 valence electrons. The molecule has 0 radical (unpaired) electrons. The molecule has 3 heteroatoms. The predicted molar refractivity (Wildman–Crippen MR) is 34.5 cm³/mol. The molecule has 0 aromatic heterocycles. The van der Waals surface area contributed by atoms with Gasteiger partial charge in [0.05, 0.1) is 18.9 Å². The van der Waals surface area contributed by atoms with Gasteiger partial charge in [0, 0.05) is 0 Å². The van der Waals surface area contributed by atoms with Gasteiger partial charge in [0.1, 0.15) is 0 Å². The molecule has 0 fully saturated rings. The summed E-state index contributed by atoms with van der Waals surface area (Å²) >= 11 is 0. The quantitative estimate of drug-likeness (QED) is 0.506. The first-order chi connectivity index (χ1) is 3.48. The summed E-state index contributed by atoms with van der Waals surface area (Å²) < 4.78 is 10.9. The van der Waals surface area contributed by atoms with Gasteiger partial charge in [-0.25, -0.2) is 0 Å². The zero-order valence-electron chi connectivity index (χ0n) is 5.38. The summed E-state index contributed by atoms with van der Waals surface area (Å²) in [5.41, 5.74) is -0.289. The molecule has 1 unspecified atom stereocenters. The van der Waals surface area contributed by atoms with Crippen LogP contribution in [0.1, 0.15) is 6.92 Å². The minimum atomic E-state index is -2.12. The van der Waals surface area contributed by atoms with Crippen LogP contribution in [0.15, 0.2) is 0 Å². The third-order valence-electron chi connectivity index (χ3n) is 1.12. The van der Waals surface area contributed by atoms with E-state index < -0.39 is 7.14 Å². The monoisotopic (exact) mass is 131 g/mol. The van der Waals surface area contributed by atoms with Crippen molar-refractivity contribution in [2.75, 3.05) is 13.3 Å². The van der Waals surface area contributed by atoms with Gasteiger partial charge in [-0.3, -0.25) is 0 Å². The zero-order valence-corrected chi connectivity index (χ0v) is 6.27. The highest BCUT2D eigenvalue weighted by molar-refractivity contribution is 7.63. The Hall–Kier alpha value is -0.280. The van der Waals surface area contributed by atoms with Gasteiger partial charge >= 0.3 is 0 Å². The Kier molecular flexibility index (Phi) is 2.25. The molecule has 0 saturated carbocycles. The molecule has 0 heterocycles. The smallest absolute Gasteiger partial charge is 0.0980 e. The van der Waals surface area contributed by atoms with Crippen molar-refractivity contribution in [3.8, 4) is 6.07 Å². The van der Waals surface area contributed by atoms with Gasteiger partial charge in [0.15, 0.2) is 0 Å². The average molecular weight is 131 g/mol. The molecule has 8 heavy (non-hydrogen) atoms. The fourth-order valence-electron chi connectivity index (χ4n) is 0.139. The summed E-state index contributed by atoms with van der Waals surface area (Å²) in [6.07, 6.45) is 0. The van der Waals surface area contributed by atoms with E-state index in [1.807, 2.05) is 6.07 Å². The Bertz CT molecular complexity index is 152. The largest absolute Gasteiger partial charge is 0.323 e. The minimum Gasteiger partial charge on any atom is -0.323 e. The van der Waals surface area contributed by atoms with Gasteiger partial charge in [-0.1, -0.05) is 0 Å². The Morgan fingerprint density at radius 2 is 2.00 bits per heavy atom. The molecular weight excluding hydrogens is 121 g/mol. The SMILES string of the molecule is CC(C#N)P(C)(C)=O. The number of nitrogens with zero attached hydrogens (tertiary/aromatic N) is 1. The van der Waals surface area contributed by atoms with E-state index in [1.54, 1.807) is 20.3 Å². The zero-order chi connectivity index (χ0) is 6.78. The number of nitriles is 1. The summed E-state index contributed by atoms with van der Waals surface area (Å²) in [7, 11) is -2.12. The average Bonchev–Trinajstić information content (AvgIpc) is 1.62. The fraction of sp³-hybridized carbons (Fsp3) is 0.800. The Labute approximate surface area is 49.9 Å². The first kappa shape index (κ1) is 7.72. The Morgan fingerprint density at radius 1 is 1.62 bits per heavy atom. The van der Waals surface area contributed by atoms with Crippen molar-refractivity contribution in [3.05, 3.63) is 0 Å². The van der Waals surface area contributed by atoms with Gasteiger partial charge in [0.2, 0.25) is 0 Å². The summed E-state index contributed by atoms with van der Waals surface area (Å²) in [4.78, 5) is 0. The normalized spacial score (nSPS) is 14.8. The Morgan fingerprint density at radius 3 is 2.00 bits per heavy atom. The van der Waals surface area contributed by atoms with E-state index in [9.17, 15) is 4.57 Å². The highest BCUT2D eigenvalue weighted by Gasteiger charge is 2.15. The van der Waals surface area contributed by atoms with Crippen molar-refractivity contribution >= 4 is 7.14 Å². The molecule has 0 aromatic carbocycles. The molecule has 0 spiro atoms. The van der Waals surface area contributed by atoms with Crippen molar-refractivity contribution in [1.82, 2.24) is 0 Å². The van der Waals surface area contributed by atoms with Crippen molar-refractivity contribution in [3.63, 3.8) is 0 Å². The number of hydrogen-bond acceptors (Lipinski definition) is 2. The molecule has 0 N–H and O–H groups in total. The molecule has 1 atom stereocenters. The van der Waals surface area contributed by atoms with Crippen LogP contribution in [0.5, 0.6) is 0 Å². The maximum Gasteiger partial charge on any atom is 0.0980 e. The highest BCUT2D eigenvalue weighted by atomic mass is 31.2. The molecule has 0 amide bonds. The van der Waals surface area contributed by atoms with Gasteiger partial charge in [-0.05, 0) is 20.3 Å². The van der Waals surface area contributed by atoms with E-state index in [4.69, 9.17) is 5.26 Å². The van der Waals surface area contributed by atoms with Crippen molar-refractivity contribution in [1.29, 1.82) is 5.26 Å². The van der Waals surface area contributed by atoms with Gasteiger partial charge in [0.25, 0.3) is 0 Å². The molecular formula is C5H10NOP. The number of hydrogen-bond donors (Lipinski definition) is 0. The first-order valence-electron chi connectivity index (χ1n) is 2.42. The summed E-state index contributed by atoms with van der Waals surface area (Å²) in [6, 6.07) is 1.94. The lowest BCUT2D eigenvalue weighted by Gasteiger charge is -2.05. The highest BCUT2D eigenvalue weighted by Crippen LogP contribution is 2.41. The maximum absolute atomic E-state index is 10.9. The van der Waals surface area contributed by atoms with Crippen LogP contribution in [0.25, 0.3) is 0 Å². The molecule has 0 rings (SSSR count). The predicted octanol–water partition coefficient (Wildman–Crippen LogP) is 1.52. The second-order valence-electron chi connectivity index (χ2n) is 2.24. The van der Waals surface area contributed by atoms with Gasteiger partial charge < -0.3 is 4.57 Å². The van der Waals surface area contributed by atoms with Crippen LogP contribution in [-0.2, 0) is 4.57 Å². The van der Waals surface area contributed by atoms with Crippen molar-refractivity contribution < 1.29 is 4.57 Å². The molecule has 0 aliphatic heterocycles. The van der Waals surface area contributed by atoms with E-state index in [1.165, 1.54) is 0 Å². The summed E-state index contributed by atoms with van der Waals surface area (Å²) in [6.45, 7) is 4.93. The molecule has 0 bridgehead atoms. The van der Waals surface area contributed by atoms with Crippen LogP contribution in [0.2, 0.25) is 0 Å². The Balaban J connectivity index is 4.09. The third kappa shape index (κ3) is 2.14. The second kappa shape index (κ2) is 2.33. The lowest BCUT2D eigenvalue weighted by Crippen LogP contribution is -1.95. The number of rotatable bonds is 1. The van der Waals surface area contributed by atoms with Gasteiger partial charge in [-0.2, -0.15) is 5.26 Å². The molecule has 0 saturated heterocycles. The van der Waals surface area contributed by atoms with E-state index >= 15 is 0 Å². The van der Waals surface area contributed by atoms with Crippen LogP contribution < -0.4 is 0 Å². The molecule has 2 nitrogen and oxygen atoms in total. The van der Waals surface area contributed by atoms with Crippen LogP contribution >= 0.6 is 7.14 Å². The lowest BCUT2D eigenvalue weighted by atomic mass is 10.5. The fourth-order valence-corrected chi connectivity index (χ4v) is 0.417. The minimum absolute atomic E-state index is 0.289. The van der Waals surface area contributed by atoms with Crippen molar-refractivity contribution in [2.24, 2.45) is 0 Å². The summed E-state index contributed by atoms with van der Waals surface area (Å²) in [5, 5.41) is 8.25. The standard InChI is InChI=1S/C5H10NOP/c1-5(4-6)8(2,3)7/h5H,1-3H3. The van der Waals surface area contributed by atoms with E-state index in [0.29, 0.717) is 0 Å². The van der Waals surface area contributed by atoms with Crippen LogP contribution in [0, 0.1) is 11.3 Å². The topological polar surface area (TPSA) is 40.9 Å². The first-order valence-corrected chi connectivity index (χ1v) is 5.10. The van der Waals surface area contributed by atoms with E-state index in [0.717, 1.165) is 0 Å². The van der Waals surface area contributed by atoms with E-state index in [-0.39, 0.29) is 5.66 Å². The van der Waals surface area contributed by atoms with Crippen LogP contribution in [0.3, 0.4) is 0 Å². The second-order valence-corrected chi connectivity index (χ2v) is 5.88. The molecule has 0 aliphatic carbocycles. The van der Waals surface area contributed by atoms with E-state index in [2.05, 4.69) is 0 Å². The molecule has 0 aliphatic rings. The van der Waals surface area contributed by atoms with Gasteiger partial charge in [-0.15, -0.1) is 0 Å². The molecule has 0 aromatic rings. The third-order valence-corrected chi connectivity index (χ3v) is 3.10.